The number of rotatable bonds is 4. The third-order valence-corrected chi connectivity index (χ3v) is 5.44. The van der Waals surface area contributed by atoms with E-state index in [1.807, 2.05) is 11.8 Å². The van der Waals surface area contributed by atoms with Gasteiger partial charge in [0, 0.05) is 37.9 Å². The summed E-state index contributed by atoms with van der Waals surface area (Å²) in [6.45, 7) is 3.69. The fraction of sp³-hybridized carbons (Fsp3) is 0.333. The molecule has 1 fully saturated rings. The van der Waals surface area contributed by atoms with Crippen LogP contribution in [-0.2, 0) is 6.18 Å². The Morgan fingerprint density at radius 1 is 1.16 bits per heavy atom. The van der Waals surface area contributed by atoms with Gasteiger partial charge in [-0.3, -0.25) is 14.5 Å². The lowest BCUT2D eigenvalue weighted by atomic mass is 10.1. The van der Waals surface area contributed by atoms with E-state index < -0.39 is 17.3 Å². The Morgan fingerprint density at radius 3 is 2.59 bits per heavy atom. The lowest BCUT2D eigenvalue weighted by molar-refractivity contribution is -0.137. The van der Waals surface area contributed by atoms with Crippen LogP contribution in [0.2, 0.25) is 0 Å². The lowest BCUT2D eigenvalue weighted by Gasteiger charge is -2.36. The number of nitrogens with zero attached hydrogens (tertiary/aromatic N) is 4. The molecular formula is C21H20F3N5O3. The number of nitrogens with one attached hydrogen (secondary N) is 1. The highest BCUT2D eigenvalue weighted by Gasteiger charge is 2.32. The van der Waals surface area contributed by atoms with Gasteiger partial charge in [-0.05, 0) is 31.2 Å². The van der Waals surface area contributed by atoms with Crippen molar-refractivity contribution in [3.63, 3.8) is 0 Å². The molecule has 168 valence electrons. The van der Waals surface area contributed by atoms with Gasteiger partial charge >= 0.3 is 6.18 Å². The van der Waals surface area contributed by atoms with Crippen molar-refractivity contribution in [3.05, 3.63) is 70.0 Å². The number of carbonyl (C=O) groups is 1. The molecule has 0 unspecified atom stereocenters. The quantitative estimate of drug-likeness (QED) is 0.661. The van der Waals surface area contributed by atoms with Crippen LogP contribution < -0.4 is 5.56 Å². The number of H-pyrrole nitrogens is 1. The molecule has 3 aromatic rings. The number of carbonyl (C=O) groups excluding carboxylic acids is 1. The predicted octanol–water partition coefficient (Wildman–Crippen LogP) is 2.96. The maximum absolute atomic E-state index is 13.0. The molecule has 0 spiro atoms. The summed E-state index contributed by atoms with van der Waals surface area (Å²) in [4.78, 5) is 34.9. The molecule has 0 saturated carbocycles. The summed E-state index contributed by atoms with van der Waals surface area (Å²) in [6.07, 6.45) is -2.99. The SMILES string of the molecule is C[C@H](c1nc(-c2cccc(C(F)(F)F)c2)no1)N1CCN(C(=O)c2ccc[nH]c2=O)CC1. The largest absolute Gasteiger partial charge is 0.416 e. The monoisotopic (exact) mass is 447 g/mol. The minimum Gasteiger partial charge on any atom is -0.337 e. The zero-order chi connectivity index (χ0) is 22.9. The molecule has 1 N–H and O–H groups in total. The summed E-state index contributed by atoms with van der Waals surface area (Å²) >= 11 is 0. The molecule has 0 bridgehead atoms. The molecule has 1 aliphatic heterocycles. The lowest BCUT2D eigenvalue weighted by Crippen LogP contribution is -2.50. The Bertz CT molecular complexity index is 1170. The Kier molecular flexibility index (Phi) is 5.83. The molecule has 11 heteroatoms. The molecule has 3 heterocycles. The first kappa shape index (κ1) is 21.8. The van der Waals surface area contributed by atoms with Gasteiger partial charge in [0.1, 0.15) is 5.56 Å². The number of halogens is 3. The molecule has 1 aromatic carbocycles. The highest BCUT2D eigenvalue weighted by atomic mass is 19.4. The van der Waals surface area contributed by atoms with E-state index in [-0.39, 0.29) is 34.8 Å². The van der Waals surface area contributed by atoms with Crippen molar-refractivity contribution in [1.29, 1.82) is 0 Å². The first-order valence-electron chi connectivity index (χ1n) is 9.96. The second kappa shape index (κ2) is 8.58. The molecule has 0 aliphatic carbocycles. The number of piperazine rings is 1. The van der Waals surface area contributed by atoms with Crippen molar-refractivity contribution in [3.8, 4) is 11.4 Å². The van der Waals surface area contributed by atoms with Gasteiger partial charge in [-0.1, -0.05) is 17.3 Å². The second-order valence-electron chi connectivity index (χ2n) is 7.45. The van der Waals surface area contributed by atoms with Gasteiger partial charge in [0.25, 0.3) is 11.5 Å². The van der Waals surface area contributed by atoms with Crippen molar-refractivity contribution in [2.24, 2.45) is 0 Å². The number of benzene rings is 1. The zero-order valence-electron chi connectivity index (χ0n) is 17.1. The third kappa shape index (κ3) is 4.42. The topological polar surface area (TPSA) is 95.3 Å². The van der Waals surface area contributed by atoms with Gasteiger partial charge in [-0.2, -0.15) is 18.2 Å². The Morgan fingerprint density at radius 2 is 1.91 bits per heavy atom. The van der Waals surface area contributed by atoms with Crippen LogP contribution in [0.4, 0.5) is 13.2 Å². The van der Waals surface area contributed by atoms with E-state index in [1.165, 1.54) is 24.4 Å². The normalized spacial score (nSPS) is 16.2. The van der Waals surface area contributed by atoms with E-state index in [0.717, 1.165) is 12.1 Å². The van der Waals surface area contributed by atoms with Crippen LogP contribution in [-0.4, -0.2) is 57.0 Å². The molecule has 1 amide bonds. The van der Waals surface area contributed by atoms with Crippen LogP contribution in [0.5, 0.6) is 0 Å². The summed E-state index contributed by atoms with van der Waals surface area (Å²) < 4.78 is 44.2. The number of aromatic amines is 1. The molecule has 1 aliphatic rings. The average Bonchev–Trinajstić information content (AvgIpc) is 3.28. The molecule has 32 heavy (non-hydrogen) atoms. The highest BCUT2D eigenvalue weighted by molar-refractivity contribution is 5.93. The third-order valence-electron chi connectivity index (χ3n) is 5.44. The molecule has 8 nitrogen and oxygen atoms in total. The molecule has 0 radical (unpaired) electrons. The average molecular weight is 447 g/mol. The summed E-state index contributed by atoms with van der Waals surface area (Å²) in [7, 11) is 0. The minimum absolute atomic E-state index is 0.0788. The molecule has 1 saturated heterocycles. The summed E-state index contributed by atoms with van der Waals surface area (Å²) in [6, 6.07) is 7.55. The number of alkyl halides is 3. The van der Waals surface area contributed by atoms with Gasteiger partial charge in [0.05, 0.1) is 11.6 Å². The maximum atomic E-state index is 13.0. The van der Waals surface area contributed by atoms with Crippen molar-refractivity contribution >= 4 is 5.91 Å². The van der Waals surface area contributed by atoms with Crippen molar-refractivity contribution in [2.45, 2.75) is 19.1 Å². The first-order chi connectivity index (χ1) is 15.2. The maximum Gasteiger partial charge on any atom is 0.416 e. The predicted molar refractivity (Wildman–Crippen MR) is 108 cm³/mol. The van der Waals surface area contributed by atoms with Gasteiger partial charge in [-0.15, -0.1) is 0 Å². The van der Waals surface area contributed by atoms with Crippen LogP contribution in [0.15, 0.2) is 51.9 Å². The smallest absolute Gasteiger partial charge is 0.337 e. The summed E-state index contributed by atoms with van der Waals surface area (Å²) in [5.41, 5.74) is -0.907. The number of hydrogen-bond donors (Lipinski definition) is 1. The molecule has 4 rings (SSSR count). The van der Waals surface area contributed by atoms with E-state index in [9.17, 15) is 22.8 Å². The van der Waals surface area contributed by atoms with E-state index in [1.54, 1.807) is 11.0 Å². The Balaban J connectivity index is 1.42. The van der Waals surface area contributed by atoms with Crippen LogP contribution in [0.1, 0.15) is 34.8 Å². The standard InChI is InChI=1S/C21H20F3N5O3/c1-13(19-26-17(27-32-19)14-4-2-5-15(12-14)21(22,23)24)28-8-10-29(11-9-28)20(31)16-6-3-7-25-18(16)30/h2-7,12-13H,8-11H2,1H3,(H,25,30)/t13-/m1/s1. The first-order valence-corrected chi connectivity index (χ1v) is 9.96. The second-order valence-corrected chi connectivity index (χ2v) is 7.45. The molecule has 1 atom stereocenters. The van der Waals surface area contributed by atoms with E-state index >= 15 is 0 Å². The fourth-order valence-corrected chi connectivity index (χ4v) is 3.59. The number of hydrogen-bond acceptors (Lipinski definition) is 6. The fourth-order valence-electron chi connectivity index (χ4n) is 3.59. The zero-order valence-corrected chi connectivity index (χ0v) is 17.1. The van der Waals surface area contributed by atoms with Crippen LogP contribution >= 0.6 is 0 Å². The van der Waals surface area contributed by atoms with Crippen molar-refractivity contribution in [1.82, 2.24) is 24.9 Å². The van der Waals surface area contributed by atoms with Crippen LogP contribution in [0.3, 0.4) is 0 Å². The van der Waals surface area contributed by atoms with E-state index in [4.69, 9.17) is 4.52 Å². The number of pyridine rings is 1. The highest BCUT2D eigenvalue weighted by Crippen LogP contribution is 2.32. The van der Waals surface area contributed by atoms with Gasteiger partial charge in [0.2, 0.25) is 11.7 Å². The minimum atomic E-state index is -4.46. The molecule has 2 aromatic heterocycles. The van der Waals surface area contributed by atoms with Gasteiger partial charge in [0.15, 0.2) is 0 Å². The van der Waals surface area contributed by atoms with E-state index in [0.29, 0.717) is 26.2 Å². The number of aromatic nitrogens is 3. The van der Waals surface area contributed by atoms with Gasteiger partial charge < -0.3 is 14.4 Å². The van der Waals surface area contributed by atoms with Crippen LogP contribution in [0.25, 0.3) is 11.4 Å². The number of amides is 1. The van der Waals surface area contributed by atoms with Crippen LogP contribution in [0, 0.1) is 0 Å². The Hall–Kier alpha value is -3.47. The van der Waals surface area contributed by atoms with Crippen molar-refractivity contribution in [2.75, 3.05) is 26.2 Å². The van der Waals surface area contributed by atoms with Crippen molar-refractivity contribution < 1.29 is 22.5 Å². The Labute approximate surface area is 180 Å². The molecular weight excluding hydrogens is 427 g/mol. The van der Waals surface area contributed by atoms with Gasteiger partial charge in [-0.25, -0.2) is 0 Å². The summed E-state index contributed by atoms with van der Waals surface area (Å²) in [5, 5.41) is 3.84. The summed E-state index contributed by atoms with van der Waals surface area (Å²) in [5.74, 6) is 0.0236. The van der Waals surface area contributed by atoms with E-state index in [2.05, 4.69) is 15.1 Å².